The molecule has 0 aliphatic heterocycles. The molecule has 2 rings (SSSR count). The summed E-state index contributed by atoms with van der Waals surface area (Å²) < 4.78 is 0. The number of nitrogens with two attached hydrogens (primary N) is 1. The Morgan fingerprint density at radius 3 is 2.75 bits per heavy atom. The van der Waals surface area contributed by atoms with Gasteiger partial charge in [0.2, 0.25) is 0 Å². The molecule has 0 spiro atoms. The van der Waals surface area contributed by atoms with Gasteiger partial charge in [-0.3, -0.25) is 0 Å². The van der Waals surface area contributed by atoms with Crippen LogP contribution < -0.4 is 11.1 Å². The van der Waals surface area contributed by atoms with Crippen LogP contribution in [0, 0.1) is 6.92 Å². The van der Waals surface area contributed by atoms with Crippen LogP contribution in [0.3, 0.4) is 0 Å². The van der Waals surface area contributed by atoms with Gasteiger partial charge in [0, 0.05) is 17.8 Å². The van der Waals surface area contributed by atoms with Crippen molar-refractivity contribution in [1.82, 2.24) is 4.98 Å². The number of rotatable bonds is 3. The maximum atomic E-state index is 6.35. The molecule has 1 aromatic heterocycles. The molecular formula is C13H21N3. The Bertz CT molecular complexity index is 343. The van der Waals surface area contributed by atoms with E-state index in [9.17, 15) is 0 Å². The van der Waals surface area contributed by atoms with Gasteiger partial charge < -0.3 is 11.1 Å². The summed E-state index contributed by atoms with van der Waals surface area (Å²) in [5, 5.41) is 3.36. The highest BCUT2D eigenvalue weighted by atomic mass is 15.0. The molecule has 1 fully saturated rings. The van der Waals surface area contributed by atoms with Crippen molar-refractivity contribution in [3.8, 4) is 0 Å². The molecule has 1 saturated carbocycles. The minimum Gasteiger partial charge on any atom is -0.368 e. The Balaban J connectivity index is 1.91. The molecule has 1 aromatic rings. The van der Waals surface area contributed by atoms with Crippen LogP contribution in [0.25, 0.3) is 0 Å². The third-order valence-electron chi connectivity index (χ3n) is 3.36. The monoisotopic (exact) mass is 219 g/mol. The van der Waals surface area contributed by atoms with Crippen molar-refractivity contribution >= 4 is 5.82 Å². The van der Waals surface area contributed by atoms with Crippen LogP contribution in [-0.4, -0.2) is 17.1 Å². The van der Waals surface area contributed by atoms with Gasteiger partial charge >= 0.3 is 0 Å². The summed E-state index contributed by atoms with van der Waals surface area (Å²) in [6.45, 7) is 2.84. The third kappa shape index (κ3) is 2.95. The predicted octanol–water partition coefficient (Wildman–Crippen LogP) is 2.46. The van der Waals surface area contributed by atoms with Gasteiger partial charge in [-0.1, -0.05) is 25.3 Å². The normalized spacial score (nSPS) is 19.4. The molecule has 0 amide bonds. The highest BCUT2D eigenvalue weighted by molar-refractivity contribution is 5.35. The molecular weight excluding hydrogens is 198 g/mol. The van der Waals surface area contributed by atoms with Crippen LogP contribution in [0.5, 0.6) is 0 Å². The van der Waals surface area contributed by atoms with Crippen LogP contribution in [0.1, 0.15) is 37.8 Å². The van der Waals surface area contributed by atoms with E-state index in [1.807, 2.05) is 25.1 Å². The fourth-order valence-electron chi connectivity index (χ4n) is 2.34. The second kappa shape index (κ2) is 4.83. The molecule has 1 heterocycles. The smallest absolute Gasteiger partial charge is 0.126 e. The molecule has 0 bridgehead atoms. The average molecular weight is 219 g/mol. The van der Waals surface area contributed by atoms with E-state index in [1.54, 1.807) is 0 Å². The van der Waals surface area contributed by atoms with Crippen LogP contribution in [0.15, 0.2) is 18.2 Å². The number of hydrogen-bond acceptors (Lipinski definition) is 3. The lowest BCUT2D eigenvalue weighted by molar-refractivity contribution is 0.311. The standard InChI is InChI=1S/C13H21N3/c1-11-6-5-7-12(16-11)15-10-13(14)8-3-2-4-9-13/h5-7H,2-4,8-10,14H2,1H3,(H,15,16). The maximum absolute atomic E-state index is 6.35. The van der Waals surface area contributed by atoms with Crippen molar-refractivity contribution in [2.24, 2.45) is 5.73 Å². The number of pyridine rings is 1. The largest absolute Gasteiger partial charge is 0.368 e. The number of aromatic nitrogens is 1. The Morgan fingerprint density at radius 1 is 1.31 bits per heavy atom. The van der Waals surface area contributed by atoms with Gasteiger partial charge in [-0.2, -0.15) is 0 Å². The van der Waals surface area contributed by atoms with Crippen molar-refractivity contribution in [3.63, 3.8) is 0 Å². The number of hydrogen-bond donors (Lipinski definition) is 2. The first-order valence-corrected chi connectivity index (χ1v) is 6.14. The van der Waals surface area contributed by atoms with Gasteiger partial charge in [-0.05, 0) is 31.9 Å². The first kappa shape index (κ1) is 11.4. The number of nitrogens with zero attached hydrogens (tertiary/aromatic N) is 1. The summed E-state index contributed by atoms with van der Waals surface area (Å²) in [6.07, 6.45) is 6.12. The van der Waals surface area contributed by atoms with E-state index in [2.05, 4.69) is 10.3 Å². The van der Waals surface area contributed by atoms with Gasteiger partial charge in [0.15, 0.2) is 0 Å². The van der Waals surface area contributed by atoms with Crippen molar-refractivity contribution < 1.29 is 0 Å². The molecule has 0 unspecified atom stereocenters. The van der Waals surface area contributed by atoms with Crippen LogP contribution in [-0.2, 0) is 0 Å². The van der Waals surface area contributed by atoms with Crippen LogP contribution in [0.2, 0.25) is 0 Å². The summed E-state index contributed by atoms with van der Waals surface area (Å²) in [6, 6.07) is 6.03. The van der Waals surface area contributed by atoms with Crippen molar-refractivity contribution in [3.05, 3.63) is 23.9 Å². The van der Waals surface area contributed by atoms with Crippen molar-refractivity contribution in [1.29, 1.82) is 0 Å². The highest BCUT2D eigenvalue weighted by Crippen LogP contribution is 2.25. The highest BCUT2D eigenvalue weighted by Gasteiger charge is 2.26. The second-order valence-electron chi connectivity index (χ2n) is 4.94. The molecule has 3 N–H and O–H groups in total. The fourth-order valence-corrected chi connectivity index (χ4v) is 2.34. The molecule has 0 aromatic carbocycles. The Kier molecular flexibility index (Phi) is 3.44. The summed E-state index contributed by atoms with van der Waals surface area (Å²) in [5.41, 5.74) is 7.37. The zero-order valence-electron chi connectivity index (χ0n) is 10.00. The van der Waals surface area contributed by atoms with Gasteiger partial charge in [-0.25, -0.2) is 4.98 Å². The first-order valence-electron chi connectivity index (χ1n) is 6.14. The summed E-state index contributed by atoms with van der Waals surface area (Å²) in [7, 11) is 0. The fraction of sp³-hybridized carbons (Fsp3) is 0.615. The van der Waals surface area contributed by atoms with E-state index in [1.165, 1.54) is 19.3 Å². The van der Waals surface area contributed by atoms with Crippen LogP contribution >= 0.6 is 0 Å². The molecule has 0 atom stereocenters. The van der Waals surface area contributed by atoms with Crippen molar-refractivity contribution in [2.45, 2.75) is 44.6 Å². The third-order valence-corrected chi connectivity index (χ3v) is 3.36. The Hall–Kier alpha value is -1.09. The van der Waals surface area contributed by atoms with Gasteiger partial charge in [-0.15, -0.1) is 0 Å². The zero-order chi connectivity index (χ0) is 11.4. The lowest BCUT2D eigenvalue weighted by Crippen LogP contribution is -2.47. The molecule has 0 saturated heterocycles. The Labute approximate surface area is 97.5 Å². The molecule has 1 aliphatic rings. The Morgan fingerprint density at radius 2 is 2.06 bits per heavy atom. The van der Waals surface area contributed by atoms with Gasteiger partial charge in [0.05, 0.1) is 0 Å². The summed E-state index contributed by atoms with van der Waals surface area (Å²) in [5.74, 6) is 0.940. The van der Waals surface area contributed by atoms with Gasteiger partial charge in [0.25, 0.3) is 0 Å². The number of anilines is 1. The molecule has 16 heavy (non-hydrogen) atoms. The molecule has 1 aliphatic carbocycles. The molecule has 3 nitrogen and oxygen atoms in total. The maximum Gasteiger partial charge on any atom is 0.126 e. The van der Waals surface area contributed by atoms with E-state index < -0.39 is 0 Å². The minimum atomic E-state index is -0.0241. The summed E-state index contributed by atoms with van der Waals surface area (Å²) >= 11 is 0. The van der Waals surface area contributed by atoms with Crippen molar-refractivity contribution in [2.75, 3.05) is 11.9 Å². The van der Waals surface area contributed by atoms with Gasteiger partial charge in [0.1, 0.15) is 5.82 Å². The van der Waals surface area contributed by atoms with E-state index in [0.29, 0.717) is 0 Å². The number of aryl methyl sites for hydroxylation is 1. The summed E-state index contributed by atoms with van der Waals surface area (Å²) in [4.78, 5) is 4.42. The quantitative estimate of drug-likeness (QED) is 0.821. The molecule has 0 radical (unpaired) electrons. The van der Waals surface area contributed by atoms with E-state index >= 15 is 0 Å². The van der Waals surface area contributed by atoms with Crippen LogP contribution in [0.4, 0.5) is 5.82 Å². The first-order chi connectivity index (χ1) is 7.68. The predicted molar refractivity (Wildman–Crippen MR) is 67.5 cm³/mol. The van der Waals surface area contributed by atoms with E-state index in [0.717, 1.165) is 30.9 Å². The SMILES string of the molecule is Cc1cccc(NCC2(N)CCCCC2)n1. The zero-order valence-corrected chi connectivity index (χ0v) is 10.00. The molecule has 88 valence electrons. The minimum absolute atomic E-state index is 0.0241. The second-order valence-corrected chi connectivity index (χ2v) is 4.94. The lowest BCUT2D eigenvalue weighted by Gasteiger charge is -2.33. The average Bonchev–Trinajstić information content (AvgIpc) is 2.28. The van der Waals surface area contributed by atoms with E-state index in [4.69, 9.17) is 5.73 Å². The topological polar surface area (TPSA) is 50.9 Å². The van der Waals surface area contributed by atoms with E-state index in [-0.39, 0.29) is 5.54 Å². The lowest BCUT2D eigenvalue weighted by atomic mass is 9.82. The molecule has 3 heteroatoms. The number of nitrogens with one attached hydrogen (secondary N) is 1.